The van der Waals surface area contributed by atoms with Crippen molar-refractivity contribution < 1.29 is 4.74 Å². The summed E-state index contributed by atoms with van der Waals surface area (Å²) in [5, 5.41) is 3.71. The van der Waals surface area contributed by atoms with E-state index in [1.807, 2.05) is 12.1 Å². The second kappa shape index (κ2) is 7.05. The number of methoxy groups -OCH3 is 1. The molecule has 1 heterocycles. The number of thioether (sulfide) groups is 1. The van der Waals surface area contributed by atoms with E-state index in [0.717, 1.165) is 24.6 Å². The number of ether oxygens (including phenoxy) is 1. The Hall–Kier alpha value is -0.670. The van der Waals surface area contributed by atoms with E-state index in [1.165, 1.54) is 23.5 Å². The fraction of sp³-hybridized carbons (Fsp3) is 0.600. The molecular formula is C15H23NOS. The van der Waals surface area contributed by atoms with Gasteiger partial charge in [-0.15, -0.1) is 0 Å². The smallest absolute Gasteiger partial charge is 0.123 e. The van der Waals surface area contributed by atoms with E-state index in [4.69, 9.17) is 4.74 Å². The Morgan fingerprint density at radius 2 is 2.28 bits per heavy atom. The summed E-state index contributed by atoms with van der Waals surface area (Å²) in [4.78, 5) is 0. The summed E-state index contributed by atoms with van der Waals surface area (Å²) >= 11 is 2.08. The Balaban J connectivity index is 1.98. The van der Waals surface area contributed by atoms with Crippen molar-refractivity contribution in [3.63, 3.8) is 0 Å². The van der Waals surface area contributed by atoms with Gasteiger partial charge in [-0.2, -0.15) is 11.8 Å². The van der Waals surface area contributed by atoms with Crippen LogP contribution in [0.1, 0.15) is 31.4 Å². The molecule has 2 unspecified atom stereocenters. The first kappa shape index (κ1) is 13.8. The summed E-state index contributed by atoms with van der Waals surface area (Å²) in [6.45, 7) is 3.36. The van der Waals surface area contributed by atoms with Crippen molar-refractivity contribution in [2.24, 2.45) is 5.92 Å². The molecule has 0 aliphatic carbocycles. The van der Waals surface area contributed by atoms with Crippen LogP contribution < -0.4 is 10.1 Å². The van der Waals surface area contributed by atoms with Crippen molar-refractivity contribution in [3.8, 4) is 5.75 Å². The van der Waals surface area contributed by atoms with Crippen LogP contribution in [0, 0.1) is 5.92 Å². The third-order valence-corrected chi connectivity index (χ3v) is 4.83. The molecule has 0 saturated carbocycles. The summed E-state index contributed by atoms with van der Waals surface area (Å²) in [6.07, 6.45) is 2.46. The zero-order valence-electron chi connectivity index (χ0n) is 11.3. The highest BCUT2D eigenvalue weighted by Gasteiger charge is 2.18. The Morgan fingerprint density at radius 3 is 2.94 bits per heavy atom. The Labute approximate surface area is 114 Å². The van der Waals surface area contributed by atoms with Gasteiger partial charge in [0.1, 0.15) is 5.75 Å². The van der Waals surface area contributed by atoms with E-state index in [2.05, 4.69) is 36.1 Å². The van der Waals surface area contributed by atoms with Gasteiger partial charge in [0.05, 0.1) is 7.11 Å². The molecule has 100 valence electrons. The summed E-state index contributed by atoms with van der Waals surface area (Å²) in [7, 11) is 1.75. The molecule has 0 radical (unpaired) electrons. The van der Waals surface area contributed by atoms with Crippen LogP contribution in [0.2, 0.25) is 0 Å². The molecular weight excluding hydrogens is 242 g/mol. The van der Waals surface area contributed by atoms with Gasteiger partial charge in [-0.3, -0.25) is 0 Å². The van der Waals surface area contributed by atoms with E-state index >= 15 is 0 Å². The van der Waals surface area contributed by atoms with Gasteiger partial charge in [0.25, 0.3) is 0 Å². The van der Waals surface area contributed by atoms with Crippen molar-refractivity contribution in [2.45, 2.75) is 25.8 Å². The molecule has 0 aromatic heterocycles. The topological polar surface area (TPSA) is 21.3 Å². The highest BCUT2D eigenvalue weighted by molar-refractivity contribution is 7.99. The van der Waals surface area contributed by atoms with E-state index in [-0.39, 0.29) is 0 Å². The van der Waals surface area contributed by atoms with E-state index in [0.29, 0.717) is 6.04 Å². The van der Waals surface area contributed by atoms with Crippen LogP contribution in [0.5, 0.6) is 5.75 Å². The molecule has 2 rings (SSSR count). The predicted octanol–water partition coefficient (Wildman–Crippen LogP) is 3.49. The lowest BCUT2D eigenvalue weighted by atomic mass is 10.0. The molecule has 1 aromatic carbocycles. The van der Waals surface area contributed by atoms with Gasteiger partial charge in [-0.05, 0) is 42.9 Å². The molecule has 0 bridgehead atoms. The van der Waals surface area contributed by atoms with Gasteiger partial charge in [-0.25, -0.2) is 0 Å². The third-order valence-electron chi connectivity index (χ3n) is 3.60. The maximum absolute atomic E-state index is 5.46. The van der Waals surface area contributed by atoms with Crippen molar-refractivity contribution >= 4 is 11.8 Å². The molecule has 1 aliphatic rings. The van der Waals surface area contributed by atoms with Gasteiger partial charge in [0, 0.05) is 11.6 Å². The van der Waals surface area contributed by atoms with Gasteiger partial charge >= 0.3 is 0 Å². The number of benzene rings is 1. The molecule has 0 spiro atoms. The molecule has 2 atom stereocenters. The number of para-hydroxylation sites is 1. The maximum atomic E-state index is 5.46. The molecule has 2 nitrogen and oxygen atoms in total. The first-order valence-corrected chi connectivity index (χ1v) is 7.94. The molecule has 18 heavy (non-hydrogen) atoms. The van der Waals surface area contributed by atoms with Gasteiger partial charge in [0.2, 0.25) is 0 Å². The second-order valence-electron chi connectivity index (χ2n) is 4.84. The minimum absolute atomic E-state index is 0.409. The average Bonchev–Trinajstić information content (AvgIpc) is 2.93. The molecule has 0 amide bonds. The highest BCUT2D eigenvalue weighted by atomic mass is 32.2. The summed E-state index contributed by atoms with van der Waals surface area (Å²) in [5.41, 5.74) is 1.29. The standard InChI is InChI=1S/C15H23NOS/c1-3-14(16-10-12-8-9-18-11-12)13-6-4-5-7-15(13)17-2/h4-7,12,14,16H,3,8-11H2,1-2H3. The van der Waals surface area contributed by atoms with Crippen molar-refractivity contribution in [2.75, 3.05) is 25.2 Å². The monoisotopic (exact) mass is 265 g/mol. The molecule has 1 aromatic rings. The van der Waals surface area contributed by atoms with Gasteiger partial charge in [-0.1, -0.05) is 25.1 Å². The summed E-state index contributed by atoms with van der Waals surface area (Å²) in [6, 6.07) is 8.75. The zero-order valence-corrected chi connectivity index (χ0v) is 12.1. The summed E-state index contributed by atoms with van der Waals surface area (Å²) < 4.78 is 5.46. The molecule has 1 saturated heterocycles. The number of hydrogen-bond donors (Lipinski definition) is 1. The maximum Gasteiger partial charge on any atom is 0.123 e. The fourth-order valence-corrected chi connectivity index (χ4v) is 3.77. The van der Waals surface area contributed by atoms with Crippen LogP contribution >= 0.6 is 11.8 Å². The van der Waals surface area contributed by atoms with E-state index in [9.17, 15) is 0 Å². The lowest BCUT2D eigenvalue weighted by Crippen LogP contribution is -2.27. The van der Waals surface area contributed by atoms with Crippen LogP contribution in [-0.4, -0.2) is 25.2 Å². The quantitative estimate of drug-likeness (QED) is 0.851. The lowest BCUT2D eigenvalue weighted by Gasteiger charge is -2.21. The minimum Gasteiger partial charge on any atom is -0.496 e. The van der Waals surface area contributed by atoms with E-state index in [1.54, 1.807) is 7.11 Å². The van der Waals surface area contributed by atoms with Crippen LogP contribution in [0.25, 0.3) is 0 Å². The predicted molar refractivity (Wildman–Crippen MR) is 79.5 cm³/mol. The number of hydrogen-bond acceptors (Lipinski definition) is 3. The Bertz CT molecular complexity index is 363. The second-order valence-corrected chi connectivity index (χ2v) is 5.99. The van der Waals surface area contributed by atoms with Crippen molar-refractivity contribution in [1.82, 2.24) is 5.32 Å². The third kappa shape index (κ3) is 3.42. The first-order chi connectivity index (χ1) is 8.85. The van der Waals surface area contributed by atoms with Crippen LogP contribution in [0.3, 0.4) is 0 Å². The van der Waals surface area contributed by atoms with Crippen LogP contribution in [-0.2, 0) is 0 Å². The highest BCUT2D eigenvalue weighted by Crippen LogP contribution is 2.28. The molecule has 3 heteroatoms. The minimum atomic E-state index is 0.409. The van der Waals surface area contributed by atoms with Gasteiger partial charge in [0.15, 0.2) is 0 Å². The fourth-order valence-electron chi connectivity index (χ4n) is 2.48. The van der Waals surface area contributed by atoms with Crippen molar-refractivity contribution in [3.05, 3.63) is 29.8 Å². The number of nitrogens with one attached hydrogen (secondary N) is 1. The molecule has 1 fully saturated rings. The van der Waals surface area contributed by atoms with Crippen LogP contribution in [0.4, 0.5) is 0 Å². The SMILES string of the molecule is CCC(NCC1CCSC1)c1ccccc1OC. The number of rotatable bonds is 6. The lowest BCUT2D eigenvalue weighted by molar-refractivity contribution is 0.390. The Morgan fingerprint density at radius 1 is 1.44 bits per heavy atom. The molecule has 1 aliphatic heterocycles. The first-order valence-electron chi connectivity index (χ1n) is 6.79. The van der Waals surface area contributed by atoms with E-state index < -0.39 is 0 Å². The normalized spacial score (nSPS) is 20.9. The average molecular weight is 265 g/mol. The molecule has 1 N–H and O–H groups in total. The van der Waals surface area contributed by atoms with Gasteiger partial charge < -0.3 is 10.1 Å². The Kier molecular flexibility index (Phi) is 5.39. The summed E-state index contributed by atoms with van der Waals surface area (Å²) in [5.74, 6) is 4.49. The van der Waals surface area contributed by atoms with Crippen molar-refractivity contribution in [1.29, 1.82) is 0 Å². The van der Waals surface area contributed by atoms with Crippen LogP contribution in [0.15, 0.2) is 24.3 Å². The largest absolute Gasteiger partial charge is 0.496 e. The zero-order chi connectivity index (χ0) is 12.8.